The van der Waals surface area contributed by atoms with E-state index in [1.807, 2.05) is 0 Å². The highest BCUT2D eigenvalue weighted by Gasteiger charge is 2.38. The van der Waals surface area contributed by atoms with E-state index in [9.17, 15) is 18.0 Å². The second kappa shape index (κ2) is 7.90. The van der Waals surface area contributed by atoms with Gasteiger partial charge < -0.3 is 10.1 Å². The summed E-state index contributed by atoms with van der Waals surface area (Å²) in [5, 5.41) is 2.98. The van der Waals surface area contributed by atoms with E-state index >= 15 is 0 Å². The van der Waals surface area contributed by atoms with Crippen molar-refractivity contribution in [2.24, 2.45) is 0 Å². The van der Waals surface area contributed by atoms with Crippen LogP contribution in [0.1, 0.15) is 19.8 Å². The van der Waals surface area contributed by atoms with Gasteiger partial charge in [-0.1, -0.05) is 29.3 Å². The number of nitrogens with one attached hydrogen (secondary N) is 1. The van der Waals surface area contributed by atoms with Crippen LogP contribution in [-0.2, 0) is 24.3 Å². The zero-order valence-electron chi connectivity index (χ0n) is 13.7. The highest BCUT2D eigenvalue weighted by atomic mass is 35.5. The van der Waals surface area contributed by atoms with Gasteiger partial charge in [-0.2, -0.15) is 4.31 Å². The Bertz CT molecular complexity index is 784. The Hall–Kier alpha value is -1.35. The maximum atomic E-state index is 12.2. The first-order valence-electron chi connectivity index (χ1n) is 7.53. The highest BCUT2D eigenvalue weighted by Crippen LogP contribution is 2.29. The van der Waals surface area contributed by atoms with Crippen molar-refractivity contribution < 1.29 is 22.7 Å². The van der Waals surface area contributed by atoms with Crippen molar-refractivity contribution in [3.05, 3.63) is 28.2 Å². The molecule has 10 heteroatoms. The number of amides is 1. The molecule has 1 fully saturated rings. The molecule has 1 aliphatic rings. The smallest absolute Gasteiger partial charge is 0.325 e. The number of rotatable bonds is 5. The number of hydrogen-bond acceptors (Lipinski definition) is 5. The Morgan fingerprint density at radius 3 is 2.68 bits per heavy atom. The monoisotopic (exact) mass is 408 g/mol. The van der Waals surface area contributed by atoms with E-state index in [0.29, 0.717) is 18.5 Å². The third-order valence-electron chi connectivity index (χ3n) is 3.77. The molecule has 0 bridgehead atoms. The Morgan fingerprint density at radius 2 is 2.04 bits per heavy atom. The molecule has 1 heterocycles. The molecule has 1 saturated heterocycles. The van der Waals surface area contributed by atoms with E-state index in [1.54, 1.807) is 18.2 Å². The maximum absolute atomic E-state index is 12.2. The summed E-state index contributed by atoms with van der Waals surface area (Å²) >= 11 is 11.9. The lowest BCUT2D eigenvalue weighted by molar-refractivity contribution is -0.156. The van der Waals surface area contributed by atoms with Crippen molar-refractivity contribution in [2.75, 3.05) is 18.1 Å². The van der Waals surface area contributed by atoms with Gasteiger partial charge in [0.05, 0.1) is 22.0 Å². The Labute approximate surface area is 156 Å². The summed E-state index contributed by atoms with van der Waals surface area (Å²) in [4.78, 5) is 24.4. The van der Waals surface area contributed by atoms with Gasteiger partial charge in [0.1, 0.15) is 6.04 Å². The van der Waals surface area contributed by atoms with Crippen LogP contribution in [0.15, 0.2) is 18.2 Å². The van der Waals surface area contributed by atoms with Crippen molar-refractivity contribution in [2.45, 2.75) is 31.9 Å². The zero-order valence-corrected chi connectivity index (χ0v) is 16.0. The summed E-state index contributed by atoms with van der Waals surface area (Å²) < 4.78 is 29.6. The second-order valence-electron chi connectivity index (χ2n) is 5.70. The maximum Gasteiger partial charge on any atom is 0.325 e. The van der Waals surface area contributed by atoms with Crippen LogP contribution in [0.4, 0.5) is 5.69 Å². The lowest BCUT2D eigenvalue weighted by Crippen LogP contribution is -2.43. The summed E-state index contributed by atoms with van der Waals surface area (Å²) in [6.07, 6.45) is 0.839. The van der Waals surface area contributed by atoms with Crippen LogP contribution in [0.25, 0.3) is 0 Å². The Balaban J connectivity index is 2.01. The number of nitrogens with zero attached hydrogens (tertiary/aromatic N) is 1. The molecule has 0 saturated carbocycles. The first-order chi connectivity index (χ1) is 11.6. The third kappa shape index (κ3) is 4.84. The molecular formula is C15H18Cl2N2O5S. The number of esters is 1. The van der Waals surface area contributed by atoms with Gasteiger partial charge in [0.2, 0.25) is 10.0 Å². The minimum absolute atomic E-state index is 0.176. The van der Waals surface area contributed by atoms with Crippen molar-refractivity contribution in [1.82, 2.24) is 4.31 Å². The summed E-state index contributed by atoms with van der Waals surface area (Å²) in [6.45, 7) is 1.66. The molecule has 1 amide bonds. The molecule has 2 rings (SSSR count). The van der Waals surface area contributed by atoms with Crippen LogP contribution in [0.5, 0.6) is 0 Å². The van der Waals surface area contributed by atoms with Crippen LogP contribution in [0.2, 0.25) is 10.0 Å². The van der Waals surface area contributed by atoms with Gasteiger partial charge in [0.15, 0.2) is 6.10 Å². The molecule has 7 nitrogen and oxygen atoms in total. The van der Waals surface area contributed by atoms with Crippen molar-refractivity contribution in [1.29, 1.82) is 0 Å². The van der Waals surface area contributed by atoms with Crippen molar-refractivity contribution >= 4 is 50.8 Å². The SMILES string of the molecule is C[C@@H](OC(=O)[C@H]1CCCN1S(C)(=O)=O)C(=O)Nc1cccc(Cl)c1Cl. The van der Waals surface area contributed by atoms with Gasteiger partial charge in [-0.05, 0) is 31.9 Å². The molecule has 2 atom stereocenters. The minimum Gasteiger partial charge on any atom is -0.451 e. The lowest BCUT2D eigenvalue weighted by atomic mass is 10.2. The topological polar surface area (TPSA) is 92.8 Å². The fourth-order valence-corrected chi connectivity index (χ4v) is 3.98. The standard InChI is InChI=1S/C15H18Cl2N2O5S/c1-9(14(20)18-11-6-3-5-10(16)13(11)17)24-15(21)12-7-4-8-19(12)25(2,22)23/h3,5-6,9,12H,4,7-8H2,1-2H3,(H,18,20)/t9-,12-/m1/s1. The molecule has 1 N–H and O–H groups in total. The number of ether oxygens (including phenoxy) is 1. The fraction of sp³-hybridized carbons (Fsp3) is 0.467. The van der Waals surface area contributed by atoms with Crippen LogP contribution in [-0.4, -0.2) is 49.5 Å². The normalized spacial score (nSPS) is 19.4. The number of carbonyl (C=O) groups excluding carboxylic acids is 2. The minimum atomic E-state index is -3.51. The molecule has 25 heavy (non-hydrogen) atoms. The van der Waals surface area contributed by atoms with Crippen LogP contribution >= 0.6 is 23.2 Å². The molecule has 1 aromatic rings. The van der Waals surface area contributed by atoms with E-state index in [1.165, 1.54) is 6.92 Å². The van der Waals surface area contributed by atoms with Gasteiger partial charge in [-0.15, -0.1) is 0 Å². The second-order valence-corrected chi connectivity index (χ2v) is 8.42. The van der Waals surface area contributed by atoms with E-state index in [-0.39, 0.29) is 16.6 Å². The molecule has 1 aliphatic heterocycles. The zero-order chi connectivity index (χ0) is 18.8. The highest BCUT2D eigenvalue weighted by molar-refractivity contribution is 7.88. The van der Waals surface area contributed by atoms with Crippen molar-refractivity contribution in [3.8, 4) is 0 Å². The molecular weight excluding hydrogens is 391 g/mol. The molecule has 0 aromatic heterocycles. The molecule has 1 aromatic carbocycles. The van der Waals surface area contributed by atoms with E-state index in [2.05, 4.69) is 5.32 Å². The van der Waals surface area contributed by atoms with Crippen molar-refractivity contribution in [3.63, 3.8) is 0 Å². The van der Waals surface area contributed by atoms with Gasteiger partial charge in [-0.25, -0.2) is 8.42 Å². The first-order valence-corrected chi connectivity index (χ1v) is 10.1. The van der Waals surface area contributed by atoms with Crippen LogP contribution in [0, 0.1) is 0 Å². The molecule has 138 valence electrons. The number of hydrogen-bond donors (Lipinski definition) is 1. The molecule has 0 spiro atoms. The number of halogens is 2. The third-order valence-corrected chi connectivity index (χ3v) is 5.88. The molecule has 0 radical (unpaired) electrons. The molecule has 0 aliphatic carbocycles. The summed E-state index contributed by atoms with van der Waals surface area (Å²) in [6, 6.07) is 3.84. The summed E-state index contributed by atoms with van der Waals surface area (Å²) in [7, 11) is -3.51. The van der Waals surface area contributed by atoms with Gasteiger partial charge in [-0.3, -0.25) is 9.59 Å². The summed E-state index contributed by atoms with van der Waals surface area (Å²) in [5.41, 5.74) is 0.292. The quantitative estimate of drug-likeness (QED) is 0.754. The van der Waals surface area contributed by atoms with E-state index in [4.69, 9.17) is 27.9 Å². The fourth-order valence-electron chi connectivity index (χ4n) is 2.51. The van der Waals surface area contributed by atoms with Gasteiger partial charge in [0.25, 0.3) is 5.91 Å². The number of carbonyl (C=O) groups is 2. The predicted octanol–water partition coefficient (Wildman–Crippen LogP) is 2.29. The van der Waals surface area contributed by atoms with Gasteiger partial charge in [0, 0.05) is 6.54 Å². The average molecular weight is 409 g/mol. The largest absolute Gasteiger partial charge is 0.451 e. The first kappa shape index (κ1) is 20.0. The Morgan fingerprint density at radius 1 is 1.36 bits per heavy atom. The molecule has 0 unspecified atom stereocenters. The van der Waals surface area contributed by atoms with E-state index < -0.39 is 34.0 Å². The number of anilines is 1. The number of benzene rings is 1. The average Bonchev–Trinajstić information content (AvgIpc) is 3.01. The van der Waals surface area contributed by atoms with Crippen LogP contribution < -0.4 is 5.32 Å². The van der Waals surface area contributed by atoms with E-state index in [0.717, 1.165) is 10.6 Å². The van der Waals surface area contributed by atoms with Gasteiger partial charge >= 0.3 is 5.97 Å². The lowest BCUT2D eigenvalue weighted by Gasteiger charge is -2.22. The summed E-state index contributed by atoms with van der Waals surface area (Å²) in [5.74, 6) is -1.34. The predicted molar refractivity (Wildman–Crippen MR) is 95.2 cm³/mol. The number of sulfonamides is 1. The van der Waals surface area contributed by atoms with Crippen LogP contribution in [0.3, 0.4) is 0 Å². The Kier molecular flexibility index (Phi) is 6.31.